The highest BCUT2D eigenvalue weighted by molar-refractivity contribution is 7.07. The normalized spacial score (nSPS) is 15.0. The van der Waals surface area contributed by atoms with Gasteiger partial charge in [0.25, 0.3) is 5.56 Å². The lowest BCUT2D eigenvalue weighted by Crippen LogP contribution is -2.39. The Morgan fingerprint density at radius 3 is 2.51 bits per heavy atom. The van der Waals surface area contributed by atoms with Gasteiger partial charge >= 0.3 is 5.97 Å². The van der Waals surface area contributed by atoms with E-state index in [1.54, 1.807) is 18.4 Å². The standard InChI is InChI=1S/C34H31ClN4O3S/c1-5-42-33(41)30-21(2)36-34-39(31(30)22-14-16-25(17-15-22)37(3)4)32(40)29(43-34)18-24-20-38(28-13-9-7-11-26(24)28)19-23-10-6-8-12-27(23)35/h6-18,20,31H,5,19H2,1-4H3/b29-18-. The zero-order valence-electron chi connectivity index (χ0n) is 24.4. The van der Waals surface area contributed by atoms with Gasteiger partial charge in [0.2, 0.25) is 0 Å². The summed E-state index contributed by atoms with van der Waals surface area (Å²) in [5.74, 6) is -0.470. The second-order valence-corrected chi connectivity index (χ2v) is 12.0. The van der Waals surface area contributed by atoms with Gasteiger partial charge in [0.05, 0.1) is 28.5 Å². The largest absolute Gasteiger partial charge is 0.463 e. The molecule has 0 N–H and O–H groups in total. The van der Waals surface area contributed by atoms with Gasteiger partial charge in [0.1, 0.15) is 0 Å². The molecular formula is C34H31ClN4O3S. The molecule has 0 aliphatic carbocycles. The van der Waals surface area contributed by atoms with Crippen molar-refractivity contribution < 1.29 is 9.53 Å². The van der Waals surface area contributed by atoms with Gasteiger partial charge < -0.3 is 14.2 Å². The predicted molar refractivity (Wildman–Crippen MR) is 174 cm³/mol. The lowest BCUT2D eigenvalue weighted by molar-refractivity contribution is -0.139. The summed E-state index contributed by atoms with van der Waals surface area (Å²) in [7, 11) is 3.94. The number of hydrogen-bond acceptors (Lipinski definition) is 6. The van der Waals surface area contributed by atoms with Crippen molar-refractivity contribution in [3.8, 4) is 0 Å². The summed E-state index contributed by atoms with van der Waals surface area (Å²) in [4.78, 5) is 34.7. The number of ether oxygens (including phenoxy) is 1. The van der Waals surface area contributed by atoms with Gasteiger partial charge in [-0.25, -0.2) is 9.79 Å². The van der Waals surface area contributed by atoms with E-state index in [9.17, 15) is 9.59 Å². The first-order chi connectivity index (χ1) is 20.8. The van der Waals surface area contributed by atoms with Crippen LogP contribution in [0, 0.1) is 0 Å². The van der Waals surface area contributed by atoms with Crippen LogP contribution in [-0.4, -0.2) is 35.8 Å². The van der Waals surface area contributed by atoms with E-state index in [1.807, 2.05) is 85.7 Å². The molecule has 5 aromatic rings. The average molecular weight is 611 g/mol. The third kappa shape index (κ3) is 5.32. The number of rotatable bonds is 7. The number of fused-ring (bicyclic) bond motifs is 2. The van der Waals surface area contributed by atoms with Gasteiger partial charge in [-0.2, -0.15) is 0 Å². The number of allylic oxidation sites excluding steroid dienone is 1. The number of aromatic nitrogens is 2. The molecule has 1 unspecified atom stereocenters. The minimum absolute atomic E-state index is 0.206. The van der Waals surface area contributed by atoms with Gasteiger partial charge in [-0.15, -0.1) is 0 Å². The van der Waals surface area contributed by atoms with Crippen LogP contribution in [0.5, 0.6) is 0 Å². The fourth-order valence-corrected chi connectivity index (χ4v) is 6.77. The molecule has 1 aliphatic heterocycles. The van der Waals surface area contributed by atoms with E-state index in [-0.39, 0.29) is 12.2 Å². The number of para-hydroxylation sites is 1. The van der Waals surface area contributed by atoms with Crippen LogP contribution in [0.15, 0.2) is 100 Å². The van der Waals surface area contributed by atoms with Crippen LogP contribution in [0.4, 0.5) is 5.69 Å². The third-order valence-corrected chi connectivity index (χ3v) is 9.00. The number of carbonyl (C=O) groups is 1. The maximum Gasteiger partial charge on any atom is 0.338 e. The van der Waals surface area contributed by atoms with E-state index >= 15 is 0 Å². The predicted octanol–water partition coefficient (Wildman–Crippen LogP) is 5.52. The van der Waals surface area contributed by atoms with Crippen molar-refractivity contribution in [3.05, 3.63) is 132 Å². The highest BCUT2D eigenvalue weighted by Crippen LogP contribution is 2.32. The van der Waals surface area contributed by atoms with Gasteiger partial charge in [0, 0.05) is 54.0 Å². The van der Waals surface area contributed by atoms with Crippen molar-refractivity contribution in [2.24, 2.45) is 4.99 Å². The van der Waals surface area contributed by atoms with Crippen LogP contribution in [-0.2, 0) is 16.1 Å². The molecule has 1 aliphatic rings. The molecule has 2 aromatic heterocycles. The van der Waals surface area contributed by atoms with E-state index in [2.05, 4.69) is 22.9 Å². The number of hydrogen-bond donors (Lipinski definition) is 0. The first-order valence-corrected chi connectivity index (χ1v) is 15.2. The number of thiazole rings is 1. The number of esters is 1. The molecule has 0 amide bonds. The topological polar surface area (TPSA) is 68.8 Å². The molecule has 0 radical (unpaired) electrons. The molecule has 9 heteroatoms. The first kappa shape index (κ1) is 28.7. The Bertz CT molecular complexity index is 2070. The van der Waals surface area contributed by atoms with Crippen LogP contribution in [0.1, 0.15) is 36.6 Å². The van der Waals surface area contributed by atoms with Crippen molar-refractivity contribution in [3.63, 3.8) is 0 Å². The highest BCUT2D eigenvalue weighted by Gasteiger charge is 2.33. The maximum absolute atomic E-state index is 14.2. The minimum Gasteiger partial charge on any atom is -0.463 e. The Morgan fingerprint density at radius 2 is 1.79 bits per heavy atom. The number of halogens is 1. The summed E-state index contributed by atoms with van der Waals surface area (Å²) >= 11 is 7.80. The Hall–Kier alpha value is -4.40. The monoisotopic (exact) mass is 610 g/mol. The second-order valence-electron chi connectivity index (χ2n) is 10.6. The SMILES string of the molecule is CCOC(=O)C1=C(C)N=c2s/c(=C\c3cn(Cc4ccccc4Cl)c4ccccc34)c(=O)n2C1c1ccc(N(C)C)cc1. The van der Waals surface area contributed by atoms with E-state index in [4.69, 9.17) is 21.3 Å². The Kier molecular flexibility index (Phi) is 7.81. The van der Waals surface area contributed by atoms with Crippen molar-refractivity contribution >= 4 is 51.6 Å². The quantitative estimate of drug-likeness (QED) is 0.228. The number of anilines is 1. The Balaban J connectivity index is 1.51. The second kappa shape index (κ2) is 11.7. The Morgan fingerprint density at radius 1 is 1.07 bits per heavy atom. The summed E-state index contributed by atoms with van der Waals surface area (Å²) < 4.78 is 9.75. The summed E-state index contributed by atoms with van der Waals surface area (Å²) in [6.07, 6.45) is 3.98. The van der Waals surface area contributed by atoms with E-state index in [0.29, 0.717) is 32.2 Å². The smallest absolute Gasteiger partial charge is 0.338 e. The first-order valence-electron chi connectivity index (χ1n) is 14.0. The molecule has 0 bridgehead atoms. The zero-order chi connectivity index (χ0) is 30.2. The molecule has 3 heterocycles. The van der Waals surface area contributed by atoms with Crippen LogP contribution in [0.25, 0.3) is 17.0 Å². The fourth-order valence-electron chi connectivity index (χ4n) is 5.53. The third-order valence-electron chi connectivity index (χ3n) is 7.65. The molecule has 0 saturated carbocycles. The van der Waals surface area contributed by atoms with Gasteiger partial charge in [-0.3, -0.25) is 9.36 Å². The zero-order valence-corrected chi connectivity index (χ0v) is 25.9. The van der Waals surface area contributed by atoms with E-state index < -0.39 is 12.0 Å². The maximum atomic E-state index is 14.2. The highest BCUT2D eigenvalue weighted by atomic mass is 35.5. The van der Waals surface area contributed by atoms with Crippen LogP contribution < -0.4 is 19.8 Å². The van der Waals surface area contributed by atoms with Gasteiger partial charge in [0.15, 0.2) is 4.80 Å². The van der Waals surface area contributed by atoms with Crippen LogP contribution in [0.3, 0.4) is 0 Å². The van der Waals surface area contributed by atoms with Gasteiger partial charge in [-0.05, 0) is 55.3 Å². The molecule has 6 rings (SSSR count). The van der Waals surface area contributed by atoms with Crippen LogP contribution >= 0.6 is 22.9 Å². The molecule has 1 atom stereocenters. The van der Waals surface area contributed by atoms with Crippen LogP contribution in [0.2, 0.25) is 5.02 Å². The fraction of sp³-hybridized carbons (Fsp3) is 0.206. The summed E-state index contributed by atoms with van der Waals surface area (Å²) in [5.41, 5.74) is 5.51. The lowest BCUT2D eigenvalue weighted by atomic mass is 9.95. The van der Waals surface area contributed by atoms with Crippen molar-refractivity contribution in [2.75, 3.05) is 25.6 Å². The molecule has 3 aromatic carbocycles. The van der Waals surface area contributed by atoms with E-state index in [0.717, 1.165) is 33.3 Å². The minimum atomic E-state index is -0.657. The number of carbonyl (C=O) groups excluding carboxylic acids is 1. The summed E-state index contributed by atoms with van der Waals surface area (Å²) in [6, 6.07) is 23.1. The number of nitrogens with zero attached hydrogens (tertiary/aromatic N) is 4. The Labute approximate surface area is 258 Å². The molecular weight excluding hydrogens is 580 g/mol. The van der Waals surface area contributed by atoms with Crippen molar-refractivity contribution in [1.82, 2.24) is 9.13 Å². The van der Waals surface area contributed by atoms with Gasteiger partial charge in [-0.1, -0.05) is 71.5 Å². The van der Waals surface area contributed by atoms with Crippen molar-refractivity contribution in [2.45, 2.75) is 26.4 Å². The molecule has 0 spiro atoms. The molecule has 0 saturated heterocycles. The van der Waals surface area contributed by atoms with E-state index in [1.165, 1.54) is 11.3 Å². The van der Waals surface area contributed by atoms with Crippen molar-refractivity contribution in [1.29, 1.82) is 0 Å². The molecule has 43 heavy (non-hydrogen) atoms. The summed E-state index contributed by atoms with van der Waals surface area (Å²) in [6.45, 7) is 4.39. The average Bonchev–Trinajstić information content (AvgIpc) is 3.50. The number of benzene rings is 3. The lowest BCUT2D eigenvalue weighted by Gasteiger charge is -2.25. The molecule has 7 nitrogen and oxygen atoms in total. The summed E-state index contributed by atoms with van der Waals surface area (Å²) in [5, 5.41) is 1.74. The molecule has 218 valence electrons. The molecule has 0 fully saturated rings.